The Balaban J connectivity index is 1.34. The smallest absolute Gasteiger partial charge is 0.304 e. The third-order valence-corrected chi connectivity index (χ3v) is 5.95. The fraction of sp³-hybridized carbons (Fsp3) is 0.280. The van der Waals surface area contributed by atoms with E-state index >= 15 is 0 Å². The highest BCUT2D eigenvalue weighted by Gasteiger charge is 2.29. The van der Waals surface area contributed by atoms with Crippen LogP contribution < -0.4 is 14.8 Å². The van der Waals surface area contributed by atoms with E-state index in [1.807, 2.05) is 43.3 Å². The van der Waals surface area contributed by atoms with Crippen molar-refractivity contribution in [2.75, 3.05) is 18.5 Å². The van der Waals surface area contributed by atoms with Crippen LogP contribution in [-0.4, -0.2) is 29.3 Å². The number of carboxylic acid groups (broad SMARTS) is 1. The summed E-state index contributed by atoms with van der Waals surface area (Å²) in [5.41, 5.74) is 5.41. The van der Waals surface area contributed by atoms with Crippen LogP contribution in [0.4, 0.5) is 11.5 Å². The highest BCUT2D eigenvalue weighted by molar-refractivity contribution is 5.69. The first kappa shape index (κ1) is 19.4. The third kappa shape index (κ3) is 3.93. The zero-order valence-corrected chi connectivity index (χ0v) is 17.3. The van der Waals surface area contributed by atoms with Gasteiger partial charge in [0.2, 0.25) is 0 Å². The van der Waals surface area contributed by atoms with Crippen LogP contribution in [0, 0.1) is 6.92 Å². The number of benzene rings is 2. The zero-order chi connectivity index (χ0) is 21.4. The van der Waals surface area contributed by atoms with Crippen molar-refractivity contribution in [3.8, 4) is 11.5 Å². The predicted molar refractivity (Wildman–Crippen MR) is 118 cm³/mol. The second-order valence-corrected chi connectivity index (χ2v) is 8.26. The second-order valence-electron chi connectivity index (χ2n) is 8.26. The Bertz CT molecular complexity index is 1140. The summed E-state index contributed by atoms with van der Waals surface area (Å²) >= 11 is 0. The van der Waals surface area contributed by atoms with Gasteiger partial charge < -0.3 is 19.9 Å². The van der Waals surface area contributed by atoms with Crippen molar-refractivity contribution in [1.29, 1.82) is 0 Å². The summed E-state index contributed by atoms with van der Waals surface area (Å²) in [6.07, 6.45) is 2.72. The predicted octanol–water partition coefficient (Wildman–Crippen LogP) is 4.80. The number of para-hydroxylation sites is 1. The molecule has 0 unspecified atom stereocenters. The molecule has 2 atom stereocenters. The lowest BCUT2D eigenvalue weighted by molar-refractivity contribution is -0.137. The first-order chi connectivity index (χ1) is 15.1. The van der Waals surface area contributed by atoms with Gasteiger partial charge in [-0.05, 0) is 48.7 Å². The molecule has 0 saturated heterocycles. The third-order valence-electron chi connectivity index (χ3n) is 5.95. The van der Waals surface area contributed by atoms with Crippen molar-refractivity contribution in [3.05, 3.63) is 77.0 Å². The Morgan fingerprint density at radius 1 is 1.10 bits per heavy atom. The number of aryl methyl sites for hydroxylation is 1. The van der Waals surface area contributed by atoms with Crippen LogP contribution in [0.15, 0.2) is 54.7 Å². The first-order valence-corrected chi connectivity index (χ1v) is 10.5. The monoisotopic (exact) mass is 416 g/mol. The lowest BCUT2D eigenvalue weighted by Crippen LogP contribution is -2.07. The Kier molecular flexibility index (Phi) is 4.98. The molecular weight excluding hydrogens is 392 g/mol. The van der Waals surface area contributed by atoms with Crippen LogP contribution in [0.25, 0.3) is 0 Å². The van der Waals surface area contributed by atoms with Crippen molar-refractivity contribution >= 4 is 17.5 Å². The van der Waals surface area contributed by atoms with E-state index < -0.39 is 5.97 Å². The standard InChI is InChI=1S/C25H24N2O4/c1-15-7-8-26-23(9-15)27-21-4-2-3-20-17(14-31-25(20)21)10-16-5-6-19-18(12-24(28)29)13-30-22(19)11-16/h2-9,11,17-18H,10,12-14H2,1H3,(H,26,27)(H,28,29)/t17-,18-/m1/s1. The minimum Gasteiger partial charge on any atom is -0.493 e. The summed E-state index contributed by atoms with van der Waals surface area (Å²) in [4.78, 5) is 15.4. The summed E-state index contributed by atoms with van der Waals surface area (Å²) < 4.78 is 11.9. The molecular formula is C25H24N2O4. The number of nitrogens with zero attached hydrogens (tertiary/aromatic N) is 1. The fourth-order valence-electron chi connectivity index (χ4n) is 4.43. The topological polar surface area (TPSA) is 80.7 Å². The highest BCUT2D eigenvalue weighted by Crippen LogP contribution is 2.43. The maximum atomic E-state index is 11.1. The number of carbonyl (C=O) groups is 1. The molecule has 158 valence electrons. The van der Waals surface area contributed by atoms with Crippen molar-refractivity contribution in [2.45, 2.75) is 31.6 Å². The van der Waals surface area contributed by atoms with Crippen molar-refractivity contribution in [3.63, 3.8) is 0 Å². The van der Waals surface area contributed by atoms with Gasteiger partial charge in [-0.3, -0.25) is 4.79 Å². The Morgan fingerprint density at radius 3 is 2.81 bits per heavy atom. The molecule has 0 aliphatic carbocycles. The summed E-state index contributed by atoms with van der Waals surface area (Å²) in [5, 5.41) is 12.5. The quantitative estimate of drug-likeness (QED) is 0.601. The molecule has 2 aliphatic heterocycles. The lowest BCUT2D eigenvalue weighted by Gasteiger charge is -2.12. The average molecular weight is 416 g/mol. The molecule has 5 rings (SSSR count). The largest absolute Gasteiger partial charge is 0.493 e. The van der Waals surface area contributed by atoms with Crippen molar-refractivity contribution in [1.82, 2.24) is 4.98 Å². The van der Waals surface area contributed by atoms with Gasteiger partial charge in [-0.25, -0.2) is 4.98 Å². The van der Waals surface area contributed by atoms with E-state index in [9.17, 15) is 4.79 Å². The lowest BCUT2D eigenvalue weighted by atomic mass is 9.91. The molecule has 0 saturated carbocycles. The molecule has 6 heteroatoms. The Morgan fingerprint density at radius 2 is 1.97 bits per heavy atom. The van der Waals surface area contributed by atoms with Gasteiger partial charge in [-0.2, -0.15) is 0 Å². The number of anilines is 2. The molecule has 0 spiro atoms. The van der Waals surface area contributed by atoms with Gasteiger partial charge in [0.15, 0.2) is 0 Å². The number of carboxylic acids is 1. The van der Waals surface area contributed by atoms with Crippen LogP contribution >= 0.6 is 0 Å². The minimum atomic E-state index is -0.796. The molecule has 0 bridgehead atoms. The summed E-state index contributed by atoms with van der Waals surface area (Å²) in [7, 11) is 0. The molecule has 6 nitrogen and oxygen atoms in total. The molecule has 2 aliphatic rings. The van der Waals surface area contributed by atoms with Gasteiger partial charge in [-0.1, -0.05) is 24.3 Å². The van der Waals surface area contributed by atoms with E-state index in [1.165, 1.54) is 5.56 Å². The number of fused-ring (bicyclic) bond motifs is 2. The molecule has 0 radical (unpaired) electrons. The maximum absolute atomic E-state index is 11.1. The van der Waals surface area contributed by atoms with Crippen LogP contribution in [0.1, 0.15) is 40.5 Å². The zero-order valence-electron chi connectivity index (χ0n) is 17.3. The summed E-state index contributed by atoms with van der Waals surface area (Å²) in [6, 6.07) is 16.3. The van der Waals surface area contributed by atoms with Gasteiger partial charge in [-0.15, -0.1) is 0 Å². The molecule has 2 N–H and O–H groups in total. The SMILES string of the molecule is Cc1ccnc(Nc2cccc3c2OC[C@H]3Cc2ccc3c(c2)OC[C@H]3CC(=O)O)c1. The van der Waals surface area contributed by atoms with E-state index in [0.717, 1.165) is 46.1 Å². The number of ether oxygens (including phenoxy) is 2. The van der Waals surface area contributed by atoms with E-state index in [1.54, 1.807) is 6.20 Å². The normalized spacial score (nSPS) is 18.6. The first-order valence-electron chi connectivity index (χ1n) is 10.5. The number of hydrogen-bond donors (Lipinski definition) is 2. The van der Waals surface area contributed by atoms with Gasteiger partial charge in [0.1, 0.15) is 17.3 Å². The molecule has 2 aromatic carbocycles. The minimum absolute atomic E-state index is 0.0686. The number of rotatable bonds is 6. The molecule has 3 aromatic rings. The van der Waals surface area contributed by atoms with Crippen LogP contribution in [0.5, 0.6) is 11.5 Å². The summed E-state index contributed by atoms with van der Waals surface area (Å²) in [6.45, 7) is 3.09. The van der Waals surface area contributed by atoms with Gasteiger partial charge in [0.05, 0.1) is 25.3 Å². The van der Waals surface area contributed by atoms with Crippen LogP contribution in [0.2, 0.25) is 0 Å². The molecule has 0 amide bonds. The average Bonchev–Trinajstić information content (AvgIpc) is 3.33. The van der Waals surface area contributed by atoms with E-state index in [0.29, 0.717) is 13.2 Å². The van der Waals surface area contributed by atoms with Crippen LogP contribution in [0.3, 0.4) is 0 Å². The number of nitrogens with one attached hydrogen (secondary N) is 1. The van der Waals surface area contributed by atoms with Gasteiger partial charge >= 0.3 is 5.97 Å². The Hall–Kier alpha value is -3.54. The van der Waals surface area contributed by atoms with Crippen molar-refractivity contribution in [2.24, 2.45) is 0 Å². The Labute approximate surface area is 180 Å². The summed E-state index contributed by atoms with van der Waals surface area (Å²) in [5.74, 6) is 1.87. The van der Waals surface area contributed by atoms with Crippen LogP contribution in [-0.2, 0) is 11.2 Å². The van der Waals surface area contributed by atoms with Gasteiger partial charge in [0, 0.05) is 29.2 Å². The molecule has 1 aromatic heterocycles. The maximum Gasteiger partial charge on any atom is 0.304 e. The van der Waals surface area contributed by atoms with Gasteiger partial charge in [0.25, 0.3) is 0 Å². The molecule has 3 heterocycles. The van der Waals surface area contributed by atoms with Crippen molar-refractivity contribution < 1.29 is 19.4 Å². The van der Waals surface area contributed by atoms with E-state index in [-0.39, 0.29) is 18.3 Å². The number of aromatic nitrogens is 1. The fourth-order valence-corrected chi connectivity index (χ4v) is 4.43. The molecule has 0 fully saturated rings. The number of pyridine rings is 1. The second kappa shape index (κ2) is 7.95. The number of hydrogen-bond acceptors (Lipinski definition) is 5. The number of aliphatic carboxylic acids is 1. The van der Waals surface area contributed by atoms with E-state index in [2.05, 4.69) is 22.4 Å². The molecule has 31 heavy (non-hydrogen) atoms. The highest BCUT2D eigenvalue weighted by atomic mass is 16.5. The van der Waals surface area contributed by atoms with E-state index in [4.69, 9.17) is 14.6 Å².